The van der Waals surface area contributed by atoms with Crippen molar-refractivity contribution in [2.45, 2.75) is 32.6 Å². The van der Waals surface area contributed by atoms with Crippen LogP contribution in [0.15, 0.2) is 30.3 Å². The lowest BCUT2D eigenvalue weighted by Gasteiger charge is -2.25. The summed E-state index contributed by atoms with van der Waals surface area (Å²) in [4.78, 5) is 0. The molecule has 2 heteroatoms. The summed E-state index contributed by atoms with van der Waals surface area (Å²) in [6.45, 7) is 3.81. The van der Waals surface area contributed by atoms with Crippen molar-refractivity contribution >= 4 is 0 Å². The molecule has 4 rings (SSSR count). The molecule has 2 heterocycles. The molecule has 0 saturated carbocycles. The molecular weight excluding hydrogens is 260 g/mol. The zero-order valence-corrected chi connectivity index (χ0v) is 12.4. The van der Waals surface area contributed by atoms with Gasteiger partial charge in [-0.05, 0) is 49.3 Å². The van der Waals surface area contributed by atoms with Gasteiger partial charge in [-0.3, -0.25) is 0 Å². The maximum absolute atomic E-state index is 6.03. The Bertz CT molecular complexity index is 688. The first-order chi connectivity index (χ1) is 10.3. The lowest BCUT2D eigenvalue weighted by atomic mass is 9.92. The maximum Gasteiger partial charge on any atom is 0.130 e. The summed E-state index contributed by atoms with van der Waals surface area (Å²) < 4.78 is 12.0. The minimum atomic E-state index is 0.818. The van der Waals surface area contributed by atoms with Crippen molar-refractivity contribution < 1.29 is 9.47 Å². The smallest absolute Gasteiger partial charge is 0.130 e. The van der Waals surface area contributed by atoms with Crippen LogP contribution in [-0.2, 0) is 12.8 Å². The standard InChI is InChI=1S/C19H20O2/c1-13-9-10-17(19-15(13)8-4-12-21-19)16-7-2-5-14-6-3-11-20-18(14)16/h2,5,7,9-10H,3-4,6,8,11-12H2,1H3. The second-order valence-electron chi connectivity index (χ2n) is 5.94. The van der Waals surface area contributed by atoms with Crippen LogP contribution in [0.25, 0.3) is 11.1 Å². The Labute approximate surface area is 125 Å². The predicted octanol–water partition coefficient (Wildman–Crippen LogP) is 4.31. The van der Waals surface area contributed by atoms with Crippen LogP contribution >= 0.6 is 0 Å². The average molecular weight is 280 g/mol. The lowest BCUT2D eigenvalue weighted by Crippen LogP contribution is -2.12. The van der Waals surface area contributed by atoms with Crippen LogP contribution in [0.3, 0.4) is 0 Å². The van der Waals surface area contributed by atoms with Gasteiger partial charge < -0.3 is 9.47 Å². The largest absolute Gasteiger partial charge is 0.493 e. The predicted molar refractivity (Wildman–Crippen MR) is 84.2 cm³/mol. The summed E-state index contributed by atoms with van der Waals surface area (Å²) >= 11 is 0. The fourth-order valence-corrected chi connectivity index (χ4v) is 3.44. The third-order valence-electron chi connectivity index (χ3n) is 4.54. The first-order valence-corrected chi connectivity index (χ1v) is 7.85. The van der Waals surface area contributed by atoms with Gasteiger partial charge in [0.2, 0.25) is 0 Å². The molecule has 0 aliphatic carbocycles. The Morgan fingerprint density at radius 1 is 0.810 bits per heavy atom. The van der Waals surface area contributed by atoms with Crippen LogP contribution in [-0.4, -0.2) is 13.2 Å². The highest BCUT2D eigenvalue weighted by atomic mass is 16.5. The molecule has 2 aromatic rings. The Kier molecular flexibility index (Phi) is 3.10. The topological polar surface area (TPSA) is 18.5 Å². The normalized spacial score (nSPS) is 16.4. The van der Waals surface area contributed by atoms with E-state index in [1.807, 2.05) is 0 Å². The van der Waals surface area contributed by atoms with Gasteiger partial charge in [0.05, 0.1) is 13.2 Å². The SMILES string of the molecule is Cc1ccc(-c2cccc3c2OCCC3)c2c1CCCO2. The van der Waals surface area contributed by atoms with E-state index in [0.29, 0.717) is 0 Å². The minimum Gasteiger partial charge on any atom is -0.493 e. The maximum atomic E-state index is 6.03. The minimum absolute atomic E-state index is 0.818. The van der Waals surface area contributed by atoms with Crippen molar-refractivity contribution in [2.24, 2.45) is 0 Å². The molecule has 0 N–H and O–H groups in total. The van der Waals surface area contributed by atoms with Gasteiger partial charge in [-0.25, -0.2) is 0 Å². The number of para-hydroxylation sites is 1. The van der Waals surface area contributed by atoms with Crippen LogP contribution in [0.4, 0.5) is 0 Å². The first-order valence-electron chi connectivity index (χ1n) is 7.85. The average Bonchev–Trinajstić information content (AvgIpc) is 2.55. The van der Waals surface area contributed by atoms with E-state index in [-0.39, 0.29) is 0 Å². The number of fused-ring (bicyclic) bond motifs is 2. The zero-order chi connectivity index (χ0) is 14.2. The summed E-state index contributed by atoms with van der Waals surface area (Å²) in [5.41, 5.74) is 6.40. The number of hydrogen-bond donors (Lipinski definition) is 0. The lowest BCUT2D eigenvalue weighted by molar-refractivity contribution is 0.284. The number of rotatable bonds is 1. The van der Waals surface area contributed by atoms with Crippen molar-refractivity contribution in [1.82, 2.24) is 0 Å². The highest BCUT2D eigenvalue weighted by Crippen LogP contribution is 2.43. The van der Waals surface area contributed by atoms with E-state index in [1.165, 1.54) is 27.8 Å². The Morgan fingerprint density at radius 2 is 1.57 bits per heavy atom. The summed E-state index contributed by atoms with van der Waals surface area (Å²) in [6.07, 6.45) is 4.45. The molecule has 2 aliphatic heterocycles. The van der Waals surface area contributed by atoms with Crippen LogP contribution in [0.2, 0.25) is 0 Å². The Balaban J connectivity index is 1.92. The van der Waals surface area contributed by atoms with Crippen molar-refractivity contribution in [1.29, 1.82) is 0 Å². The molecule has 0 amide bonds. The van der Waals surface area contributed by atoms with E-state index < -0.39 is 0 Å². The number of aryl methyl sites for hydroxylation is 2. The molecule has 0 bridgehead atoms. The molecule has 0 radical (unpaired) electrons. The highest BCUT2D eigenvalue weighted by molar-refractivity contribution is 5.79. The van der Waals surface area contributed by atoms with Gasteiger partial charge in [-0.1, -0.05) is 30.3 Å². The van der Waals surface area contributed by atoms with E-state index >= 15 is 0 Å². The van der Waals surface area contributed by atoms with E-state index in [1.54, 1.807) is 0 Å². The van der Waals surface area contributed by atoms with Crippen molar-refractivity contribution in [3.63, 3.8) is 0 Å². The molecule has 2 aromatic carbocycles. The van der Waals surface area contributed by atoms with Crippen LogP contribution in [0.1, 0.15) is 29.5 Å². The summed E-state index contributed by atoms with van der Waals surface area (Å²) in [6, 6.07) is 10.9. The third-order valence-corrected chi connectivity index (χ3v) is 4.54. The van der Waals surface area contributed by atoms with E-state index in [0.717, 1.165) is 50.4 Å². The van der Waals surface area contributed by atoms with Gasteiger partial charge >= 0.3 is 0 Å². The van der Waals surface area contributed by atoms with Crippen LogP contribution < -0.4 is 9.47 Å². The van der Waals surface area contributed by atoms with Crippen LogP contribution in [0.5, 0.6) is 11.5 Å². The highest BCUT2D eigenvalue weighted by Gasteiger charge is 2.22. The number of ether oxygens (including phenoxy) is 2. The van der Waals surface area contributed by atoms with Gasteiger partial charge in [0.25, 0.3) is 0 Å². The van der Waals surface area contributed by atoms with Crippen molar-refractivity contribution in [2.75, 3.05) is 13.2 Å². The fourth-order valence-electron chi connectivity index (χ4n) is 3.44. The van der Waals surface area contributed by atoms with Gasteiger partial charge in [-0.2, -0.15) is 0 Å². The Hall–Kier alpha value is -1.96. The van der Waals surface area contributed by atoms with Gasteiger partial charge in [0.15, 0.2) is 0 Å². The molecule has 108 valence electrons. The number of hydrogen-bond acceptors (Lipinski definition) is 2. The monoisotopic (exact) mass is 280 g/mol. The van der Waals surface area contributed by atoms with E-state index in [2.05, 4.69) is 37.3 Å². The molecular formula is C19H20O2. The molecule has 0 spiro atoms. The fraction of sp³-hybridized carbons (Fsp3) is 0.368. The Morgan fingerprint density at radius 3 is 2.48 bits per heavy atom. The number of benzene rings is 2. The molecule has 0 fully saturated rings. The van der Waals surface area contributed by atoms with Crippen molar-refractivity contribution in [3.05, 3.63) is 47.0 Å². The van der Waals surface area contributed by atoms with Crippen molar-refractivity contribution in [3.8, 4) is 22.6 Å². The summed E-state index contributed by atoms with van der Waals surface area (Å²) in [7, 11) is 0. The molecule has 0 saturated heterocycles. The summed E-state index contributed by atoms with van der Waals surface area (Å²) in [5, 5.41) is 0. The van der Waals surface area contributed by atoms with Gasteiger partial charge in [0, 0.05) is 11.1 Å². The van der Waals surface area contributed by atoms with Gasteiger partial charge in [0.1, 0.15) is 11.5 Å². The summed E-state index contributed by atoms with van der Waals surface area (Å²) in [5.74, 6) is 2.13. The molecule has 0 atom stereocenters. The third kappa shape index (κ3) is 2.10. The van der Waals surface area contributed by atoms with Crippen LogP contribution in [0, 0.1) is 6.92 Å². The van der Waals surface area contributed by atoms with E-state index in [9.17, 15) is 0 Å². The molecule has 0 aromatic heterocycles. The second kappa shape index (κ2) is 5.10. The van der Waals surface area contributed by atoms with Gasteiger partial charge in [-0.15, -0.1) is 0 Å². The first kappa shape index (κ1) is 12.8. The molecule has 21 heavy (non-hydrogen) atoms. The van der Waals surface area contributed by atoms with E-state index in [4.69, 9.17) is 9.47 Å². The molecule has 2 aliphatic rings. The second-order valence-corrected chi connectivity index (χ2v) is 5.94. The molecule has 2 nitrogen and oxygen atoms in total. The quantitative estimate of drug-likeness (QED) is 0.775. The zero-order valence-electron chi connectivity index (χ0n) is 12.4. The molecule has 0 unspecified atom stereocenters.